The van der Waals surface area contributed by atoms with E-state index in [4.69, 9.17) is 10.5 Å². The molecule has 6 heteroatoms. The maximum Gasteiger partial charge on any atom is 0.338 e. The van der Waals surface area contributed by atoms with Gasteiger partial charge in [0.1, 0.15) is 5.60 Å². The molecule has 1 rings (SSSR count). The molecule has 0 aromatic heterocycles. The van der Waals surface area contributed by atoms with Gasteiger partial charge in [-0.2, -0.15) is 0 Å². The lowest BCUT2D eigenvalue weighted by molar-refractivity contribution is -0.170. The number of hydrogen-bond acceptors (Lipinski definition) is 5. The van der Waals surface area contributed by atoms with Crippen molar-refractivity contribution in [3.05, 3.63) is 0 Å². The third-order valence-electron chi connectivity index (χ3n) is 3.57. The molecule has 0 aliphatic heterocycles. The lowest BCUT2D eigenvalue weighted by Gasteiger charge is -2.33. The smallest absolute Gasteiger partial charge is 0.338 e. The maximum atomic E-state index is 12.1. The zero-order valence-corrected chi connectivity index (χ0v) is 12.4. The highest BCUT2D eigenvalue weighted by Crippen LogP contribution is 2.31. The summed E-state index contributed by atoms with van der Waals surface area (Å²) in [5.74, 6) is -2.24. The first kappa shape index (κ1) is 16.9. The van der Waals surface area contributed by atoms with E-state index < -0.39 is 23.1 Å². The molecule has 1 unspecified atom stereocenters. The molecule has 1 aliphatic carbocycles. The number of aliphatic hydroxyl groups excluding tert-OH is 1. The molecule has 1 atom stereocenters. The first-order valence-electron chi connectivity index (χ1n) is 6.98. The van der Waals surface area contributed by atoms with Crippen LogP contribution in [0.1, 0.15) is 52.9 Å². The van der Waals surface area contributed by atoms with Crippen molar-refractivity contribution in [2.45, 2.75) is 70.1 Å². The predicted octanol–water partition coefficient (Wildman–Crippen LogP) is 1.05. The van der Waals surface area contributed by atoms with Crippen molar-refractivity contribution in [1.82, 2.24) is 0 Å². The molecular formula is C14H25NO5. The Morgan fingerprint density at radius 3 is 2.10 bits per heavy atom. The number of esters is 1. The molecule has 6 nitrogen and oxygen atoms in total. The van der Waals surface area contributed by atoms with Gasteiger partial charge in [-0.15, -0.1) is 0 Å². The summed E-state index contributed by atoms with van der Waals surface area (Å²) in [6.45, 7) is 5.01. The number of aliphatic hydroxyl groups is 1. The summed E-state index contributed by atoms with van der Waals surface area (Å²) in [6.07, 6.45) is 2.31. The molecule has 0 amide bonds. The van der Waals surface area contributed by atoms with E-state index >= 15 is 0 Å². The summed E-state index contributed by atoms with van der Waals surface area (Å²) < 4.78 is 5.13. The SMILES string of the molecule is CC(C)(C)OC(=O)C(N)(CC1CCC(O)CC1)C(=O)O. The summed E-state index contributed by atoms with van der Waals surface area (Å²) in [4.78, 5) is 23.5. The van der Waals surface area contributed by atoms with Crippen molar-refractivity contribution in [2.24, 2.45) is 11.7 Å². The Kier molecular flexibility index (Phi) is 5.15. The highest BCUT2D eigenvalue weighted by molar-refractivity contribution is 6.03. The van der Waals surface area contributed by atoms with E-state index in [1.807, 2.05) is 0 Å². The molecule has 1 fully saturated rings. The van der Waals surface area contributed by atoms with E-state index in [0.29, 0.717) is 25.7 Å². The monoisotopic (exact) mass is 287 g/mol. The van der Waals surface area contributed by atoms with E-state index in [-0.39, 0.29) is 18.4 Å². The summed E-state index contributed by atoms with van der Waals surface area (Å²) in [7, 11) is 0. The topological polar surface area (TPSA) is 110 Å². The van der Waals surface area contributed by atoms with Gasteiger partial charge in [0, 0.05) is 0 Å². The van der Waals surface area contributed by atoms with E-state index in [1.54, 1.807) is 20.8 Å². The zero-order chi connectivity index (χ0) is 15.6. The van der Waals surface area contributed by atoms with Crippen LogP contribution in [0.2, 0.25) is 0 Å². The van der Waals surface area contributed by atoms with Crippen LogP contribution in [0.4, 0.5) is 0 Å². The van der Waals surface area contributed by atoms with Crippen molar-refractivity contribution < 1.29 is 24.5 Å². The lowest BCUT2D eigenvalue weighted by atomic mass is 9.78. The second-order valence-corrected chi connectivity index (χ2v) is 6.66. The van der Waals surface area contributed by atoms with Gasteiger partial charge in [-0.1, -0.05) is 0 Å². The zero-order valence-electron chi connectivity index (χ0n) is 12.4. The number of aliphatic carboxylic acids is 1. The number of carbonyl (C=O) groups is 2. The summed E-state index contributed by atoms with van der Waals surface area (Å²) >= 11 is 0. The van der Waals surface area contributed by atoms with Crippen molar-refractivity contribution in [1.29, 1.82) is 0 Å². The van der Waals surface area contributed by atoms with Gasteiger partial charge in [0.2, 0.25) is 5.54 Å². The van der Waals surface area contributed by atoms with E-state index in [9.17, 15) is 19.8 Å². The largest absolute Gasteiger partial charge is 0.479 e. The van der Waals surface area contributed by atoms with Crippen LogP contribution in [0.25, 0.3) is 0 Å². The Balaban J connectivity index is 2.76. The van der Waals surface area contributed by atoms with Crippen LogP contribution in [0.5, 0.6) is 0 Å². The second kappa shape index (κ2) is 6.10. The average Bonchev–Trinajstić information content (AvgIpc) is 2.29. The predicted molar refractivity (Wildman–Crippen MR) is 73.0 cm³/mol. The minimum atomic E-state index is -2.01. The molecule has 1 saturated carbocycles. The lowest BCUT2D eigenvalue weighted by Crippen LogP contribution is -2.58. The normalized spacial score (nSPS) is 26.6. The molecule has 1 aliphatic rings. The van der Waals surface area contributed by atoms with E-state index in [1.165, 1.54) is 0 Å². The van der Waals surface area contributed by atoms with Crippen LogP contribution >= 0.6 is 0 Å². The Bertz CT molecular complexity index is 368. The molecule has 0 heterocycles. The van der Waals surface area contributed by atoms with Crippen molar-refractivity contribution in [3.63, 3.8) is 0 Å². The van der Waals surface area contributed by atoms with E-state index in [0.717, 1.165) is 0 Å². The Morgan fingerprint density at radius 2 is 1.70 bits per heavy atom. The maximum absolute atomic E-state index is 12.1. The standard InChI is InChI=1S/C14H25NO5/c1-13(2,3)20-12(19)14(15,11(17)18)8-9-4-6-10(16)7-5-9/h9-10,16H,4-8,15H2,1-3H3,(H,17,18). The molecule has 116 valence electrons. The minimum absolute atomic E-state index is 0.0204. The van der Waals surface area contributed by atoms with Crippen molar-refractivity contribution in [2.75, 3.05) is 0 Å². The number of carboxylic acid groups (broad SMARTS) is 1. The number of carbonyl (C=O) groups excluding carboxylic acids is 1. The fraction of sp³-hybridized carbons (Fsp3) is 0.857. The first-order valence-corrected chi connectivity index (χ1v) is 6.98. The van der Waals surface area contributed by atoms with E-state index in [2.05, 4.69) is 0 Å². The Labute approximate surface area is 119 Å². The minimum Gasteiger partial charge on any atom is -0.479 e. The van der Waals surface area contributed by atoms with Crippen LogP contribution < -0.4 is 5.73 Å². The highest BCUT2D eigenvalue weighted by Gasteiger charge is 2.47. The summed E-state index contributed by atoms with van der Waals surface area (Å²) in [5.41, 5.74) is 3.03. The molecule has 20 heavy (non-hydrogen) atoms. The third kappa shape index (κ3) is 4.45. The second-order valence-electron chi connectivity index (χ2n) is 6.66. The fourth-order valence-electron chi connectivity index (χ4n) is 2.43. The highest BCUT2D eigenvalue weighted by atomic mass is 16.6. The van der Waals surface area contributed by atoms with Crippen molar-refractivity contribution >= 4 is 11.9 Å². The molecule has 0 bridgehead atoms. The van der Waals surface area contributed by atoms with Crippen molar-refractivity contribution in [3.8, 4) is 0 Å². The van der Waals surface area contributed by atoms with Crippen LogP contribution in [-0.4, -0.2) is 39.4 Å². The number of nitrogens with two attached hydrogens (primary N) is 1. The quantitative estimate of drug-likeness (QED) is 0.526. The molecule has 0 aromatic rings. The molecule has 0 radical (unpaired) electrons. The van der Waals surface area contributed by atoms with Crippen LogP contribution in [0, 0.1) is 5.92 Å². The average molecular weight is 287 g/mol. The Hall–Kier alpha value is -1.14. The molecule has 0 aromatic carbocycles. The van der Waals surface area contributed by atoms with Gasteiger partial charge >= 0.3 is 11.9 Å². The van der Waals surface area contributed by atoms with Gasteiger partial charge in [-0.3, -0.25) is 0 Å². The molecule has 0 spiro atoms. The van der Waals surface area contributed by atoms with Crippen LogP contribution in [0.3, 0.4) is 0 Å². The number of carboxylic acids is 1. The van der Waals surface area contributed by atoms with Gasteiger partial charge in [-0.25, -0.2) is 9.59 Å². The number of hydrogen-bond donors (Lipinski definition) is 3. The fourth-order valence-corrected chi connectivity index (χ4v) is 2.43. The van der Waals surface area contributed by atoms with Gasteiger partial charge in [0.15, 0.2) is 0 Å². The molecule has 0 saturated heterocycles. The van der Waals surface area contributed by atoms with Gasteiger partial charge < -0.3 is 20.7 Å². The van der Waals surface area contributed by atoms with Crippen LogP contribution in [0.15, 0.2) is 0 Å². The molecule has 4 N–H and O–H groups in total. The third-order valence-corrected chi connectivity index (χ3v) is 3.57. The number of rotatable bonds is 4. The van der Waals surface area contributed by atoms with Gasteiger partial charge in [-0.05, 0) is 58.8 Å². The van der Waals surface area contributed by atoms with Crippen LogP contribution in [-0.2, 0) is 14.3 Å². The molecular weight excluding hydrogens is 262 g/mol. The van der Waals surface area contributed by atoms with Gasteiger partial charge in [0.05, 0.1) is 6.10 Å². The van der Waals surface area contributed by atoms with Gasteiger partial charge in [0.25, 0.3) is 0 Å². The Morgan fingerprint density at radius 1 is 1.20 bits per heavy atom. The number of ether oxygens (including phenoxy) is 1. The first-order chi connectivity index (χ1) is 9.04. The summed E-state index contributed by atoms with van der Waals surface area (Å²) in [6, 6.07) is 0. The summed E-state index contributed by atoms with van der Waals surface area (Å²) in [5, 5.41) is 18.8.